The van der Waals surface area contributed by atoms with Gasteiger partial charge in [-0.15, -0.1) is 24.0 Å². The molecule has 1 aliphatic carbocycles. The van der Waals surface area contributed by atoms with Crippen LogP contribution in [0.5, 0.6) is 0 Å². The fraction of sp³-hybridized carbons (Fsp3) is 0.588. The third-order valence-corrected chi connectivity index (χ3v) is 4.15. The molecule has 4 nitrogen and oxygen atoms in total. The summed E-state index contributed by atoms with van der Waals surface area (Å²) >= 11 is 0. The first-order chi connectivity index (χ1) is 10.5. The zero-order valence-corrected chi connectivity index (χ0v) is 16.2. The zero-order valence-electron chi connectivity index (χ0n) is 13.9. The lowest BCUT2D eigenvalue weighted by atomic mass is 9.80. The van der Waals surface area contributed by atoms with Crippen LogP contribution in [0, 0.1) is 12.7 Å². The van der Waals surface area contributed by atoms with Crippen molar-refractivity contribution in [1.82, 2.24) is 10.6 Å². The van der Waals surface area contributed by atoms with Gasteiger partial charge in [0, 0.05) is 13.1 Å². The number of aliphatic hydroxyl groups is 1. The van der Waals surface area contributed by atoms with Crippen LogP contribution in [0.15, 0.2) is 23.2 Å². The topological polar surface area (TPSA) is 56.7 Å². The number of hydrogen-bond donors (Lipinski definition) is 3. The first-order valence-corrected chi connectivity index (χ1v) is 8.02. The largest absolute Gasteiger partial charge is 0.388 e. The third kappa shape index (κ3) is 6.25. The van der Waals surface area contributed by atoms with Gasteiger partial charge in [0.25, 0.3) is 0 Å². The highest BCUT2D eigenvalue weighted by atomic mass is 127. The SMILES string of the molecule is CCNC(=NCC1(O)CCC1)NCCc1ccc(F)cc1C.I. The molecule has 0 unspecified atom stereocenters. The molecule has 0 aliphatic heterocycles. The lowest BCUT2D eigenvalue weighted by molar-refractivity contribution is -0.0236. The van der Waals surface area contributed by atoms with E-state index < -0.39 is 5.60 Å². The van der Waals surface area contributed by atoms with Crippen LogP contribution < -0.4 is 10.6 Å². The van der Waals surface area contributed by atoms with Crippen molar-refractivity contribution < 1.29 is 9.50 Å². The smallest absolute Gasteiger partial charge is 0.191 e. The summed E-state index contributed by atoms with van der Waals surface area (Å²) in [7, 11) is 0. The molecule has 0 atom stereocenters. The monoisotopic (exact) mass is 435 g/mol. The van der Waals surface area contributed by atoms with Crippen LogP contribution in [-0.4, -0.2) is 36.3 Å². The minimum absolute atomic E-state index is 0. The van der Waals surface area contributed by atoms with Gasteiger partial charge in [-0.3, -0.25) is 4.99 Å². The van der Waals surface area contributed by atoms with E-state index in [4.69, 9.17) is 0 Å². The Morgan fingerprint density at radius 3 is 2.65 bits per heavy atom. The number of benzene rings is 1. The van der Waals surface area contributed by atoms with E-state index in [9.17, 15) is 9.50 Å². The molecule has 1 saturated carbocycles. The second kappa shape index (κ2) is 9.42. The van der Waals surface area contributed by atoms with Gasteiger partial charge >= 0.3 is 0 Å². The van der Waals surface area contributed by atoms with Crippen LogP contribution in [0.3, 0.4) is 0 Å². The number of halogens is 2. The molecule has 0 aromatic heterocycles. The van der Waals surface area contributed by atoms with Crippen molar-refractivity contribution in [2.45, 2.75) is 45.1 Å². The highest BCUT2D eigenvalue weighted by molar-refractivity contribution is 14.0. The number of hydrogen-bond acceptors (Lipinski definition) is 2. The zero-order chi connectivity index (χ0) is 16.0. The van der Waals surface area contributed by atoms with E-state index in [-0.39, 0.29) is 29.8 Å². The van der Waals surface area contributed by atoms with E-state index >= 15 is 0 Å². The number of nitrogens with one attached hydrogen (secondary N) is 2. The Labute approximate surface area is 155 Å². The maximum atomic E-state index is 13.1. The molecule has 0 spiro atoms. The predicted molar refractivity (Wildman–Crippen MR) is 103 cm³/mol. The third-order valence-electron chi connectivity index (χ3n) is 4.15. The maximum absolute atomic E-state index is 13.1. The Hall–Kier alpha value is -0.890. The van der Waals surface area contributed by atoms with Crippen molar-refractivity contribution in [3.8, 4) is 0 Å². The average molecular weight is 435 g/mol. The minimum Gasteiger partial charge on any atom is -0.388 e. The van der Waals surface area contributed by atoms with Crippen LogP contribution in [0.25, 0.3) is 0 Å². The molecule has 23 heavy (non-hydrogen) atoms. The van der Waals surface area contributed by atoms with E-state index in [0.717, 1.165) is 55.9 Å². The van der Waals surface area contributed by atoms with E-state index in [1.165, 1.54) is 6.07 Å². The highest BCUT2D eigenvalue weighted by Crippen LogP contribution is 2.31. The number of rotatable bonds is 6. The molecule has 1 fully saturated rings. The number of nitrogens with zero attached hydrogens (tertiary/aromatic N) is 1. The number of guanidine groups is 1. The molecular weight excluding hydrogens is 408 g/mol. The molecule has 0 saturated heterocycles. The van der Waals surface area contributed by atoms with Crippen molar-refractivity contribution in [1.29, 1.82) is 0 Å². The summed E-state index contributed by atoms with van der Waals surface area (Å²) < 4.78 is 13.1. The molecule has 0 amide bonds. The molecule has 1 aliphatic rings. The Kier molecular flexibility index (Phi) is 8.25. The average Bonchev–Trinajstić information content (AvgIpc) is 2.45. The lowest BCUT2D eigenvalue weighted by Crippen LogP contribution is -2.43. The quantitative estimate of drug-likeness (QED) is 0.366. The van der Waals surface area contributed by atoms with Crippen molar-refractivity contribution in [2.75, 3.05) is 19.6 Å². The molecule has 0 heterocycles. The van der Waals surface area contributed by atoms with E-state index in [1.807, 2.05) is 19.9 Å². The van der Waals surface area contributed by atoms with Gasteiger partial charge < -0.3 is 15.7 Å². The molecule has 1 aromatic carbocycles. The number of aryl methyl sites for hydroxylation is 1. The minimum atomic E-state index is -0.601. The van der Waals surface area contributed by atoms with E-state index in [1.54, 1.807) is 6.07 Å². The second-order valence-corrected chi connectivity index (χ2v) is 6.02. The van der Waals surface area contributed by atoms with E-state index in [2.05, 4.69) is 15.6 Å². The molecule has 130 valence electrons. The van der Waals surface area contributed by atoms with Gasteiger partial charge in [0.15, 0.2) is 5.96 Å². The Balaban J connectivity index is 0.00000264. The Morgan fingerprint density at radius 1 is 1.35 bits per heavy atom. The molecule has 3 N–H and O–H groups in total. The van der Waals surface area contributed by atoms with Gasteiger partial charge in [0.05, 0.1) is 12.1 Å². The summed E-state index contributed by atoms with van der Waals surface area (Å²) in [6, 6.07) is 4.88. The van der Waals surface area contributed by atoms with Gasteiger partial charge in [0.2, 0.25) is 0 Å². The summed E-state index contributed by atoms with van der Waals surface area (Å²) in [5.41, 5.74) is 1.49. The summed E-state index contributed by atoms with van der Waals surface area (Å²) in [4.78, 5) is 4.46. The normalized spacial score (nSPS) is 16.3. The van der Waals surface area contributed by atoms with Crippen molar-refractivity contribution in [3.63, 3.8) is 0 Å². The summed E-state index contributed by atoms with van der Waals surface area (Å²) in [6.45, 7) is 5.87. The highest BCUT2D eigenvalue weighted by Gasteiger charge is 2.34. The Morgan fingerprint density at radius 2 is 2.09 bits per heavy atom. The van der Waals surface area contributed by atoms with E-state index in [0.29, 0.717) is 6.54 Å². The van der Waals surface area contributed by atoms with Crippen molar-refractivity contribution in [2.24, 2.45) is 4.99 Å². The van der Waals surface area contributed by atoms with Crippen molar-refractivity contribution >= 4 is 29.9 Å². The second-order valence-electron chi connectivity index (χ2n) is 6.02. The van der Waals surface area contributed by atoms with Crippen LogP contribution in [0.4, 0.5) is 4.39 Å². The van der Waals surface area contributed by atoms with Crippen LogP contribution in [-0.2, 0) is 6.42 Å². The first-order valence-electron chi connectivity index (χ1n) is 8.02. The lowest BCUT2D eigenvalue weighted by Gasteiger charge is -2.35. The van der Waals surface area contributed by atoms with Gasteiger partial charge in [0.1, 0.15) is 5.82 Å². The molecule has 6 heteroatoms. The summed E-state index contributed by atoms with van der Waals surface area (Å²) in [6.07, 6.45) is 3.57. The van der Waals surface area contributed by atoms with Gasteiger partial charge in [-0.2, -0.15) is 0 Å². The molecular formula is C17H27FIN3O. The standard InChI is InChI=1S/C17H26FN3O.HI/c1-3-19-16(21-12-17(22)8-4-9-17)20-10-7-14-5-6-15(18)11-13(14)2;/h5-6,11,22H,3-4,7-10,12H2,1-2H3,(H2,19,20,21);1H. The Bertz CT molecular complexity index is 533. The van der Waals surface area contributed by atoms with Crippen LogP contribution in [0.2, 0.25) is 0 Å². The molecule has 2 rings (SSSR count). The fourth-order valence-corrected chi connectivity index (χ4v) is 2.57. The first kappa shape index (κ1) is 20.2. The molecule has 0 radical (unpaired) electrons. The summed E-state index contributed by atoms with van der Waals surface area (Å²) in [5.74, 6) is 0.528. The predicted octanol–water partition coefficient (Wildman–Crippen LogP) is 2.76. The van der Waals surface area contributed by atoms with Gasteiger partial charge in [-0.1, -0.05) is 6.07 Å². The van der Waals surface area contributed by atoms with Gasteiger partial charge in [-0.05, 0) is 62.8 Å². The van der Waals surface area contributed by atoms with Crippen LogP contribution >= 0.6 is 24.0 Å². The summed E-state index contributed by atoms with van der Waals surface area (Å²) in [5, 5.41) is 16.5. The van der Waals surface area contributed by atoms with Crippen LogP contribution in [0.1, 0.15) is 37.3 Å². The fourth-order valence-electron chi connectivity index (χ4n) is 2.57. The maximum Gasteiger partial charge on any atom is 0.191 e. The molecule has 1 aromatic rings. The van der Waals surface area contributed by atoms with Crippen molar-refractivity contribution in [3.05, 3.63) is 35.1 Å². The number of aliphatic imine (C=N–C) groups is 1. The van der Waals surface area contributed by atoms with Gasteiger partial charge in [-0.25, -0.2) is 4.39 Å². The molecule has 0 bridgehead atoms.